The Morgan fingerprint density at radius 2 is 1.73 bits per heavy atom. The second-order valence-electron chi connectivity index (χ2n) is 6.33. The van der Waals surface area contributed by atoms with E-state index in [1.807, 2.05) is 23.1 Å². The quantitative estimate of drug-likeness (QED) is 0.832. The number of piperidine rings is 1. The van der Waals surface area contributed by atoms with Crippen molar-refractivity contribution in [3.8, 4) is 11.1 Å². The third kappa shape index (κ3) is 3.56. The normalized spacial score (nSPS) is 18.2. The van der Waals surface area contributed by atoms with E-state index < -0.39 is 0 Å². The average molecular weight is 293 g/mol. The molecule has 0 N–H and O–H groups in total. The summed E-state index contributed by atoms with van der Waals surface area (Å²) in [4.78, 5) is 14.4. The van der Waals surface area contributed by atoms with Crippen molar-refractivity contribution in [1.29, 1.82) is 0 Å². The number of carbonyl (C=O) groups excluding carboxylic acids is 1. The largest absolute Gasteiger partial charge is 0.342 e. The molecular formula is C20H23NO. The Hall–Kier alpha value is -2.09. The molecule has 1 aliphatic rings. The summed E-state index contributed by atoms with van der Waals surface area (Å²) in [5.74, 6) is 0.900. The summed E-state index contributed by atoms with van der Waals surface area (Å²) in [6, 6.07) is 18.7. The van der Waals surface area contributed by atoms with E-state index in [1.54, 1.807) is 0 Å². The molecule has 0 saturated carbocycles. The van der Waals surface area contributed by atoms with Gasteiger partial charge in [-0.1, -0.05) is 61.5 Å². The number of rotatable bonds is 3. The van der Waals surface area contributed by atoms with Crippen molar-refractivity contribution in [2.45, 2.75) is 26.2 Å². The van der Waals surface area contributed by atoms with E-state index in [0.29, 0.717) is 12.3 Å². The van der Waals surface area contributed by atoms with Crippen molar-refractivity contribution in [3.05, 3.63) is 60.2 Å². The maximum atomic E-state index is 12.4. The summed E-state index contributed by atoms with van der Waals surface area (Å²) in [6.07, 6.45) is 2.90. The van der Waals surface area contributed by atoms with Gasteiger partial charge < -0.3 is 4.90 Å². The van der Waals surface area contributed by atoms with Crippen molar-refractivity contribution in [3.63, 3.8) is 0 Å². The molecule has 0 unspecified atom stereocenters. The molecule has 0 aromatic heterocycles. The Morgan fingerprint density at radius 1 is 1.05 bits per heavy atom. The molecular weight excluding hydrogens is 270 g/mol. The first-order valence-electron chi connectivity index (χ1n) is 8.14. The summed E-state index contributed by atoms with van der Waals surface area (Å²) in [5.41, 5.74) is 3.51. The third-order valence-corrected chi connectivity index (χ3v) is 4.43. The number of hydrogen-bond acceptors (Lipinski definition) is 1. The minimum absolute atomic E-state index is 0.263. The summed E-state index contributed by atoms with van der Waals surface area (Å²) in [5, 5.41) is 0. The highest BCUT2D eigenvalue weighted by Crippen LogP contribution is 2.20. The van der Waals surface area contributed by atoms with Crippen LogP contribution in [0, 0.1) is 5.92 Å². The molecule has 0 spiro atoms. The lowest BCUT2D eigenvalue weighted by molar-refractivity contribution is -0.132. The van der Waals surface area contributed by atoms with Crippen LogP contribution in [0.4, 0.5) is 0 Å². The van der Waals surface area contributed by atoms with Crippen LogP contribution in [-0.2, 0) is 11.2 Å². The molecule has 22 heavy (non-hydrogen) atoms. The van der Waals surface area contributed by atoms with E-state index in [-0.39, 0.29) is 5.91 Å². The molecule has 1 aliphatic heterocycles. The van der Waals surface area contributed by atoms with Gasteiger partial charge in [0.25, 0.3) is 0 Å². The van der Waals surface area contributed by atoms with Crippen LogP contribution in [0.5, 0.6) is 0 Å². The topological polar surface area (TPSA) is 20.3 Å². The zero-order chi connectivity index (χ0) is 15.4. The molecule has 1 heterocycles. The summed E-state index contributed by atoms with van der Waals surface area (Å²) in [6.45, 7) is 4.07. The molecule has 0 radical (unpaired) electrons. The second-order valence-corrected chi connectivity index (χ2v) is 6.33. The van der Waals surface area contributed by atoms with Crippen molar-refractivity contribution in [1.82, 2.24) is 4.90 Å². The standard InChI is InChI=1S/C20H23NO/c1-16-6-5-13-21(15-16)20(22)14-17-9-11-19(12-10-17)18-7-3-2-4-8-18/h2-4,7-12,16H,5-6,13-15H2,1H3/t16-/m1/s1. The fraction of sp³-hybridized carbons (Fsp3) is 0.350. The van der Waals surface area contributed by atoms with Crippen LogP contribution in [0.25, 0.3) is 11.1 Å². The van der Waals surface area contributed by atoms with Crippen LogP contribution in [-0.4, -0.2) is 23.9 Å². The van der Waals surface area contributed by atoms with Gasteiger partial charge in [0.2, 0.25) is 5.91 Å². The van der Waals surface area contributed by atoms with Crippen molar-refractivity contribution < 1.29 is 4.79 Å². The van der Waals surface area contributed by atoms with E-state index in [1.165, 1.54) is 17.5 Å². The van der Waals surface area contributed by atoms with Crippen molar-refractivity contribution in [2.75, 3.05) is 13.1 Å². The van der Waals surface area contributed by atoms with E-state index in [0.717, 1.165) is 25.1 Å². The molecule has 1 amide bonds. The Labute approximate surface area is 132 Å². The number of amides is 1. The Morgan fingerprint density at radius 3 is 2.41 bits per heavy atom. The molecule has 0 bridgehead atoms. The number of nitrogens with zero attached hydrogens (tertiary/aromatic N) is 1. The van der Waals surface area contributed by atoms with Crippen molar-refractivity contribution in [2.24, 2.45) is 5.92 Å². The number of likely N-dealkylation sites (tertiary alicyclic amines) is 1. The average Bonchev–Trinajstić information content (AvgIpc) is 2.56. The van der Waals surface area contributed by atoms with Crippen LogP contribution in [0.3, 0.4) is 0 Å². The third-order valence-electron chi connectivity index (χ3n) is 4.43. The van der Waals surface area contributed by atoms with Crippen LogP contribution in [0.2, 0.25) is 0 Å². The number of benzene rings is 2. The maximum Gasteiger partial charge on any atom is 0.226 e. The SMILES string of the molecule is C[C@@H]1CCCN(C(=O)Cc2ccc(-c3ccccc3)cc2)C1. The van der Waals surface area contributed by atoms with Gasteiger partial charge in [-0.25, -0.2) is 0 Å². The number of hydrogen-bond donors (Lipinski definition) is 0. The van der Waals surface area contributed by atoms with Gasteiger partial charge in [0, 0.05) is 13.1 Å². The van der Waals surface area contributed by atoms with Gasteiger partial charge >= 0.3 is 0 Å². The molecule has 0 aliphatic carbocycles. The molecule has 1 saturated heterocycles. The Balaban J connectivity index is 1.65. The van der Waals surface area contributed by atoms with E-state index in [4.69, 9.17) is 0 Å². The second kappa shape index (κ2) is 6.78. The molecule has 2 aromatic carbocycles. The zero-order valence-corrected chi connectivity index (χ0v) is 13.2. The summed E-state index contributed by atoms with van der Waals surface area (Å²) < 4.78 is 0. The first kappa shape index (κ1) is 14.8. The molecule has 1 atom stereocenters. The molecule has 2 aromatic rings. The summed E-state index contributed by atoms with van der Waals surface area (Å²) >= 11 is 0. The summed E-state index contributed by atoms with van der Waals surface area (Å²) in [7, 11) is 0. The van der Waals surface area contributed by atoms with Gasteiger partial charge in [-0.15, -0.1) is 0 Å². The van der Waals surface area contributed by atoms with Crippen LogP contribution < -0.4 is 0 Å². The molecule has 2 nitrogen and oxygen atoms in total. The van der Waals surface area contributed by atoms with Gasteiger partial charge in [-0.3, -0.25) is 4.79 Å². The zero-order valence-electron chi connectivity index (χ0n) is 13.2. The van der Waals surface area contributed by atoms with Crippen LogP contribution in [0.1, 0.15) is 25.3 Å². The highest BCUT2D eigenvalue weighted by atomic mass is 16.2. The first-order chi connectivity index (χ1) is 10.7. The predicted octanol–water partition coefficient (Wildman–Crippen LogP) is 4.15. The van der Waals surface area contributed by atoms with Gasteiger partial charge in [0.05, 0.1) is 6.42 Å². The van der Waals surface area contributed by atoms with E-state index in [9.17, 15) is 4.79 Å². The lowest BCUT2D eigenvalue weighted by atomic mass is 9.99. The van der Waals surface area contributed by atoms with Gasteiger partial charge in [0.15, 0.2) is 0 Å². The fourth-order valence-electron chi connectivity index (χ4n) is 3.15. The van der Waals surface area contributed by atoms with Gasteiger partial charge in [-0.2, -0.15) is 0 Å². The Kier molecular flexibility index (Phi) is 4.57. The van der Waals surface area contributed by atoms with Crippen LogP contribution in [0.15, 0.2) is 54.6 Å². The highest BCUT2D eigenvalue weighted by Gasteiger charge is 2.20. The number of carbonyl (C=O) groups is 1. The Bertz CT molecular complexity index is 618. The van der Waals surface area contributed by atoms with E-state index in [2.05, 4.69) is 43.3 Å². The van der Waals surface area contributed by atoms with Crippen molar-refractivity contribution >= 4 is 5.91 Å². The van der Waals surface area contributed by atoms with Gasteiger partial charge in [0.1, 0.15) is 0 Å². The maximum absolute atomic E-state index is 12.4. The lowest BCUT2D eigenvalue weighted by Gasteiger charge is -2.31. The minimum atomic E-state index is 0.263. The molecule has 3 rings (SSSR count). The first-order valence-corrected chi connectivity index (χ1v) is 8.14. The van der Waals surface area contributed by atoms with E-state index >= 15 is 0 Å². The lowest BCUT2D eigenvalue weighted by Crippen LogP contribution is -2.39. The van der Waals surface area contributed by atoms with Gasteiger partial charge in [-0.05, 0) is 35.4 Å². The molecule has 114 valence electrons. The predicted molar refractivity (Wildman–Crippen MR) is 90.6 cm³/mol. The fourth-order valence-corrected chi connectivity index (χ4v) is 3.15. The molecule has 1 fully saturated rings. The monoisotopic (exact) mass is 293 g/mol. The smallest absolute Gasteiger partial charge is 0.226 e. The van der Waals surface area contributed by atoms with Crippen LogP contribution >= 0.6 is 0 Å². The highest BCUT2D eigenvalue weighted by molar-refractivity contribution is 5.79. The minimum Gasteiger partial charge on any atom is -0.342 e. The molecule has 2 heteroatoms.